The number of carbonyl (C=O) groups is 1. The van der Waals surface area contributed by atoms with Crippen molar-refractivity contribution in [3.8, 4) is 0 Å². The molecule has 2 aromatic rings. The van der Waals surface area contributed by atoms with E-state index in [0.717, 1.165) is 0 Å². The van der Waals surface area contributed by atoms with Gasteiger partial charge in [0.1, 0.15) is 5.69 Å². The average molecular weight is 345 g/mol. The second-order valence-electron chi connectivity index (χ2n) is 4.53. The Kier molecular flexibility index (Phi) is 5.99. The first-order chi connectivity index (χ1) is 11.5. The summed E-state index contributed by atoms with van der Waals surface area (Å²) in [7, 11) is 3.02. The predicted molar refractivity (Wildman–Crippen MR) is 90.8 cm³/mol. The van der Waals surface area contributed by atoms with Crippen LogP contribution in [0.3, 0.4) is 0 Å². The Bertz CT molecular complexity index is 818. The summed E-state index contributed by atoms with van der Waals surface area (Å²) in [5.41, 5.74) is 1.71. The molecule has 1 amide bonds. The number of rotatable bonds is 5. The number of carbonyl (C=O) groups excluding carboxylic acids is 1. The summed E-state index contributed by atoms with van der Waals surface area (Å²) < 4.78 is 20.7. The van der Waals surface area contributed by atoms with E-state index in [1.807, 2.05) is 0 Å². The number of nitrogens with zero attached hydrogens (tertiary/aromatic N) is 4. The lowest BCUT2D eigenvalue weighted by atomic mass is 10.2. The van der Waals surface area contributed by atoms with Gasteiger partial charge in [-0.2, -0.15) is 20.5 Å². The molecule has 8 nitrogen and oxygen atoms in total. The second kappa shape index (κ2) is 8.18. The van der Waals surface area contributed by atoms with Crippen LogP contribution in [-0.2, 0) is 11.1 Å². The van der Waals surface area contributed by atoms with E-state index in [4.69, 9.17) is 0 Å². The molecule has 1 atom stereocenters. The number of amides is 1. The summed E-state index contributed by atoms with van der Waals surface area (Å²) in [4.78, 5) is 12.3. The highest BCUT2D eigenvalue weighted by Crippen LogP contribution is 2.26. The third-order valence-electron chi connectivity index (χ3n) is 2.96. The molecule has 24 heavy (non-hydrogen) atoms. The molecule has 0 bridgehead atoms. The molecule has 0 fully saturated rings. The highest BCUT2D eigenvalue weighted by Gasteiger charge is 2.12. The quantitative estimate of drug-likeness (QED) is 0.631. The van der Waals surface area contributed by atoms with Gasteiger partial charge in [0.05, 0.1) is 10.6 Å². The van der Waals surface area contributed by atoms with Crippen LogP contribution in [0.2, 0.25) is 0 Å². The zero-order valence-electron chi connectivity index (χ0n) is 13.0. The van der Waals surface area contributed by atoms with Gasteiger partial charge >= 0.3 is 0 Å². The van der Waals surface area contributed by atoms with Crippen LogP contribution in [0.15, 0.2) is 67.8 Å². The van der Waals surface area contributed by atoms with Crippen molar-refractivity contribution in [2.45, 2.75) is 4.90 Å². The SMILES string of the molecule is CN=Nc1ccc(C(=O)Nc2ccc(N=NC)c(S(=O)O)c2)cc1. The topological polar surface area (TPSA) is 116 Å². The van der Waals surface area contributed by atoms with E-state index < -0.39 is 11.1 Å². The maximum absolute atomic E-state index is 12.2. The van der Waals surface area contributed by atoms with Crippen LogP contribution in [-0.4, -0.2) is 28.8 Å². The first kappa shape index (κ1) is 17.6. The Morgan fingerprint density at radius 1 is 1.04 bits per heavy atom. The second-order valence-corrected chi connectivity index (χ2v) is 5.47. The number of azo groups is 2. The number of nitrogens with one attached hydrogen (secondary N) is 1. The number of hydrogen-bond acceptors (Lipinski definition) is 6. The molecular formula is C15H15N5O3S. The van der Waals surface area contributed by atoms with E-state index in [1.54, 1.807) is 37.4 Å². The minimum absolute atomic E-state index is 0.0668. The molecule has 0 spiro atoms. The van der Waals surface area contributed by atoms with Crippen molar-refractivity contribution in [3.63, 3.8) is 0 Å². The third-order valence-corrected chi connectivity index (χ3v) is 3.66. The third kappa shape index (κ3) is 4.37. The van der Waals surface area contributed by atoms with Gasteiger partial charge in [-0.3, -0.25) is 4.79 Å². The van der Waals surface area contributed by atoms with E-state index in [-0.39, 0.29) is 16.5 Å². The molecule has 124 valence electrons. The first-order valence-corrected chi connectivity index (χ1v) is 7.92. The Hall–Kier alpha value is -2.78. The smallest absolute Gasteiger partial charge is 0.255 e. The lowest BCUT2D eigenvalue weighted by Gasteiger charge is -2.08. The molecule has 0 saturated carbocycles. The number of anilines is 1. The predicted octanol–water partition coefficient (Wildman–Crippen LogP) is 3.95. The lowest BCUT2D eigenvalue weighted by molar-refractivity contribution is 0.102. The average Bonchev–Trinajstić information content (AvgIpc) is 2.57. The largest absolute Gasteiger partial charge is 0.322 e. The number of hydrogen-bond donors (Lipinski definition) is 2. The molecule has 0 heterocycles. The van der Waals surface area contributed by atoms with Crippen molar-refractivity contribution in [1.82, 2.24) is 0 Å². The van der Waals surface area contributed by atoms with E-state index in [0.29, 0.717) is 16.9 Å². The fraction of sp³-hybridized carbons (Fsp3) is 0.133. The lowest BCUT2D eigenvalue weighted by Crippen LogP contribution is -2.11. The molecule has 9 heteroatoms. The minimum Gasteiger partial charge on any atom is -0.322 e. The van der Waals surface area contributed by atoms with Gasteiger partial charge in [-0.05, 0) is 42.5 Å². The summed E-state index contributed by atoms with van der Waals surface area (Å²) in [6.45, 7) is 0. The Morgan fingerprint density at radius 2 is 1.71 bits per heavy atom. The molecule has 2 aromatic carbocycles. The fourth-order valence-corrected chi connectivity index (χ4v) is 2.44. The summed E-state index contributed by atoms with van der Waals surface area (Å²) >= 11 is -2.24. The van der Waals surface area contributed by atoms with Crippen molar-refractivity contribution >= 4 is 34.0 Å². The maximum atomic E-state index is 12.2. The van der Waals surface area contributed by atoms with Crippen molar-refractivity contribution in [1.29, 1.82) is 0 Å². The zero-order chi connectivity index (χ0) is 17.5. The van der Waals surface area contributed by atoms with Crippen LogP contribution in [0, 0.1) is 0 Å². The van der Waals surface area contributed by atoms with Crippen LogP contribution in [0.1, 0.15) is 10.4 Å². The van der Waals surface area contributed by atoms with Gasteiger partial charge in [0.2, 0.25) is 0 Å². The molecule has 0 aromatic heterocycles. The van der Waals surface area contributed by atoms with Crippen LogP contribution in [0.25, 0.3) is 0 Å². The highest BCUT2D eigenvalue weighted by atomic mass is 32.2. The standard InChI is InChI=1S/C15H15N5O3S/c1-16-19-11-5-3-10(4-6-11)15(21)18-12-7-8-13(20-17-2)14(9-12)24(22)23/h3-9H,1-2H3,(H,18,21)(H,22,23). The molecule has 2 N–H and O–H groups in total. The van der Waals surface area contributed by atoms with Crippen LogP contribution in [0.5, 0.6) is 0 Å². The van der Waals surface area contributed by atoms with E-state index >= 15 is 0 Å². The van der Waals surface area contributed by atoms with Crippen LogP contribution < -0.4 is 5.32 Å². The number of benzene rings is 2. The van der Waals surface area contributed by atoms with Gasteiger partial charge in [-0.25, -0.2) is 4.21 Å². The molecule has 2 rings (SSSR count). The summed E-state index contributed by atoms with van der Waals surface area (Å²) in [5.74, 6) is -0.352. The zero-order valence-corrected chi connectivity index (χ0v) is 13.8. The summed E-state index contributed by atoms with van der Waals surface area (Å²) in [5, 5.41) is 17.5. The Labute approximate surface area is 141 Å². The monoisotopic (exact) mass is 345 g/mol. The van der Waals surface area contributed by atoms with Gasteiger partial charge in [0.25, 0.3) is 5.91 Å². The molecule has 0 radical (unpaired) electrons. The van der Waals surface area contributed by atoms with Crippen molar-refractivity contribution in [2.75, 3.05) is 19.4 Å². The molecule has 0 aliphatic rings. The van der Waals surface area contributed by atoms with Gasteiger partial charge in [-0.15, -0.1) is 0 Å². The van der Waals surface area contributed by atoms with Gasteiger partial charge in [0.15, 0.2) is 11.1 Å². The minimum atomic E-state index is -2.24. The van der Waals surface area contributed by atoms with Gasteiger partial charge in [0, 0.05) is 25.3 Å². The van der Waals surface area contributed by atoms with Crippen LogP contribution in [0.4, 0.5) is 17.1 Å². The van der Waals surface area contributed by atoms with E-state index in [2.05, 4.69) is 25.8 Å². The van der Waals surface area contributed by atoms with E-state index in [9.17, 15) is 13.6 Å². The van der Waals surface area contributed by atoms with E-state index in [1.165, 1.54) is 19.2 Å². The fourth-order valence-electron chi connectivity index (χ4n) is 1.92. The first-order valence-electron chi connectivity index (χ1n) is 6.81. The molecule has 0 aliphatic carbocycles. The van der Waals surface area contributed by atoms with Crippen molar-refractivity contribution in [2.24, 2.45) is 20.5 Å². The Balaban J connectivity index is 2.22. The molecule has 0 aliphatic heterocycles. The Morgan fingerprint density at radius 3 is 2.29 bits per heavy atom. The summed E-state index contributed by atoms with van der Waals surface area (Å²) in [6.07, 6.45) is 0. The van der Waals surface area contributed by atoms with Crippen LogP contribution >= 0.6 is 0 Å². The molecular weight excluding hydrogens is 330 g/mol. The van der Waals surface area contributed by atoms with Gasteiger partial charge in [-0.1, -0.05) is 0 Å². The maximum Gasteiger partial charge on any atom is 0.255 e. The van der Waals surface area contributed by atoms with Gasteiger partial charge < -0.3 is 9.87 Å². The normalized spacial score (nSPS) is 12.6. The molecule has 1 unspecified atom stereocenters. The van der Waals surface area contributed by atoms with Crippen molar-refractivity contribution < 1.29 is 13.6 Å². The highest BCUT2D eigenvalue weighted by molar-refractivity contribution is 7.79. The molecule has 0 saturated heterocycles. The van der Waals surface area contributed by atoms with Crippen molar-refractivity contribution in [3.05, 3.63) is 48.0 Å². The summed E-state index contributed by atoms with van der Waals surface area (Å²) in [6, 6.07) is 11.0.